The van der Waals surface area contributed by atoms with Crippen molar-refractivity contribution in [2.24, 2.45) is 0 Å². The monoisotopic (exact) mass is 188 g/mol. The quantitative estimate of drug-likeness (QED) is 0.590. The molecule has 0 aromatic carbocycles. The minimum atomic E-state index is 0. The summed E-state index contributed by atoms with van der Waals surface area (Å²) < 4.78 is 0. The molecule has 13 heavy (non-hydrogen) atoms. The third-order valence-corrected chi connectivity index (χ3v) is 2.01. The zero-order valence-corrected chi connectivity index (χ0v) is 8.31. The predicted octanol–water partition coefficient (Wildman–Crippen LogP) is 1.19. The summed E-state index contributed by atoms with van der Waals surface area (Å²) in [5.74, 6) is 0.238. The van der Waals surface area contributed by atoms with E-state index in [0.717, 1.165) is 25.8 Å². The Hall–Kier alpha value is -0.410. The van der Waals surface area contributed by atoms with Crippen LogP contribution < -0.4 is 10.6 Å². The fourth-order valence-corrected chi connectivity index (χ4v) is 1.20. The van der Waals surface area contributed by atoms with Crippen molar-refractivity contribution in [3.8, 4) is 0 Å². The normalized spacial score (nSPS) is 11.9. The van der Waals surface area contributed by atoms with Gasteiger partial charge in [0.25, 0.3) is 0 Å². The number of carbonyl (C=O) groups excluding carboxylic acids is 1. The van der Waals surface area contributed by atoms with Crippen LogP contribution >= 0.6 is 0 Å². The first-order chi connectivity index (χ1) is 5.72. The number of unbranched alkanes of at least 4 members (excludes halogenated alkanes) is 1. The molecule has 0 aromatic rings. The van der Waals surface area contributed by atoms with Gasteiger partial charge in [0.2, 0.25) is 0 Å². The summed E-state index contributed by atoms with van der Waals surface area (Å²) >= 11 is 0. The van der Waals surface area contributed by atoms with Gasteiger partial charge in [-0.1, -0.05) is 13.8 Å². The summed E-state index contributed by atoms with van der Waals surface area (Å²) in [6.45, 7) is 2.67. The molecule has 0 aliphatic heterocycles. The molecule has 0 fully saturated rings. The minimum Gasteiger partial charge on any atom is -0.320 e. The Balaban J connectivity index is 0. The molecule has 0 aromatic heterocycles. The number of hydrogen-bond acceptors (Lipinski definition) is 3. The van der Waals surface area contributed by atoms with Crippen LogP contribution in [-0.4, -0.2) is 32.5 Å². The standard InChI is InChI=1S/C9H20N2O.CH4/c1-8(12)9(11-3)6-4-5-7-10-2;/h9-11H,4-7H2,1-3H3;1H4. The van der Waals surface area contributed by atoms with E-state index in [-0.39, 0.29) is 19.3 Å². The maximum atomic E-state index is 11.0. The molecule has 0 aliphatic carbocycles. The van der Waals surface area contributed by atoms with Gasteiger partial charge in [0.1, 0.15) is 5.78 Å². The Kier molecular flexibility index (Phi) is 11.2. The highest BCUT2D eigenvalue weighted by atomic mass is 16.1. The average molecular weight is 188 g/mol. The van der Waals surface area contributed by atoms with Crippen LogP contribution in [0, 0.1) is 0 Å². The van der Waals surface area contributed by atoms with Crippen LogP contribution in [0.15, 0.2) is 0 Å². The van der Waals surface area contributed by atoms with Gasteiger partial charge < -0.3 is 10.6 Å². The molecule has 0 saturated heterocycles. The number of rotatable bonds is 7. The Morgan fingerprint density at radius 3 is 2.31 bits per heavy atom. The van der Waals surface area contributed by atoms with E-state index in [1.807, 2.05) is 14.1 Å². The zero-order valence-electron chi connectivity index (χ0n) is 8.31. The molecule has 1 atom stereocenters. The van der Waals surface area contributed by atoms with E-state index in [0.29, 0.717) is 0 Å². The highest BCUT2D eigenvalue weighted by Gasteiger charge is 2.09. The van der Waals surface area contributed by atoms with E-state index in [1.54, 1.807) is 6.92 Å². The maximum Gasteiger partial charge on any atom is 0.146 e. The molecule has 0 saturated carbocycles. The Morgan fingerprint density at radius 2 is 1.92 bits per heavy atom. The summed E-state index contributed by atoms with van der Waals surface area (Å²) in [4.78, 5) is 11.0. The molecule has 80 valence electrons. The molecule has 0 amide bonds. The van der Waals surface area contributed by atoms with Crippen LogP contribution in [0.25, 0.3) is 0 Å². The molecule has 0 radical (unpaired) electrons. The van der Waals surface area contributed by atoms with Crippen molar-refractivity contribution < 1.29 is 4.79 Å². The highest BCUT2D eigenvalue weighted by Crippen LogP contribution is 2.00. The number of hydrogen-bond donors (Lipinski definition) is 2. The smallest absolute Gasteiger partial charge is 0.146 e. The largest absolute Gasteiger partial charge is 0.320 e. The molecule has 0 aliphatic rings. The Bertz CT molecular complexity index is 126. The molecule has 1 unspecified atom stereocenters. The fourth-order valence-electron chi connectivity index (χ4n) is 1.20. The molecule has 0 rings (SSSR count). The summed E-state index contributed by atoms with van der Waals surface area (Å²) in [7, 11) is 3.78. The molecule has 3 heteroatoms. The lowest BCUT2D eigenvalue weighted by atomic mass is 10.1. The van der Waals surface area contributed by atoms with Gasteiger partial charge in [-0.15, -0.1) is 0 Å². The third kappa shape index (κ3) is 7.94. The second kappa shape index (κ2) is 9.68. The molecule has 0 spiro atoms. The van der Waals surface area contributed by atoms with Gasteiger partial charge in [0, 0.05) is 0 Å². The van der Waals surface area contributed by atoms with Gasteiger partial charge in [-0.05, 0) is 40.4 Å². The van der Waals surface area contributed by atoms with E-state index in [4.69, 9.17) is 0 Å². The lowest BCUT2D eigenvalue weighted by Crippen LogP contribution is -2.32. The van der Waals surface area contributed by atoms with E-state index >= 15 is 0 Å². The number of ketones is 1. The first kappa shape index (κ1) is 15.1. The number of likely N-dealkylation sites (N-methyl/N-ethyl adjacent to an activating group) is 1. The fraction of sp³-hybridized carbons (Fsp3) is 0.900. The van der Waals surface area contributed by atoms with Gasteiger partial charge in [0.05, 0.1) is 6.04 Å². The number of nitrogens with one attached hydrogen (secondary N) is 2. The first-order valence-electron chi connectivity index (χ1n) is 4.54. The van der Waals surface area contributed by atoms with Gasteiger partial charge in [-0.2, -0.15) is 0 Å². The van der Waals surface area contributed by atoms with Crippen LogP contribution in [0.4, 0.5) is 0 Å². The molecule has 3 nitrogen and oxygen atoms in total. The Labute approximate surface area is 82.3 Å². The molecular weight excluding hydrogens is 164 g/mol. The summed E-state index contributed by atoms with van der Waals surface area (Å²) in [6.07, 6.45) is 3.20. The van der Waals surface area contributed by atoms with Crippen molar-refractivity contribution in [1.82, 2.24) is 10.6 Å². The summed E-state index contributed by atoms with van der Waals surface area (Å²) in [6, 6.07) is 0.0573. The molecule has 2 N–H and O–H groups in total. The topological polar surface area (TPSA) is 41.1 Å². The SMILES string of the molecule is C.CNCCCCC(NC)C(C)=O. The summed E-state index contributed by atoms with van der Waals surface area (Å²) in [5, 5.41) is 6.09. The second-order valence-corrected chi connectivity index (χ2v) is 3.05. The van der Waals surface area contributed by atoms with E-state index < -0.39 is 0 Å². The minimum absolute atomic E-state index is 0. The van der Waals surface area contributed by atoms with Gasteiger partial charge >= 0.3 is 0 Å². The van der Waals surface area contributed by atoms with E-state index in [1.165, 1.54) is 0 Å². The lowest BCUT2D eigenvalue weighted by molar-refractivity contribution is -0.119. The highest BCUT2D eigenvalue weighted by molar-refractivity contribution is 5.81. The number of Topliss-reactive ketones (excluding diaryl/α,β-unsaturated/α-hetero) is 1. The predicted molar refractivity (Wildman–Crippen MR) is 58.0 cm³/mol. The maximum absolute atomic E-state index is 11.0. The first-order valence-corrected chi connectivity index (χ1v) is 4.54. The van der Waals surface area contributed by atoms with Crippen molar-refractivity contribution in [2.75, 3.05) is 20.6 Å². The summed E-state index contributed by atoms with van der Waals surface area (Å²) in [5.41, 5.74) is 0. The lowest BCUT2D eigenvalue weighted by Gasteiger charge is -2.11. The van der Waals surface area contributed by atoms with E-state index in [9.17, 15) is 4.79 Å². The Morgan fingerprint density at radius 1 is 1.31 bits per heavy atom. The van der Waals surface area contributed by atoms with Crippen LogP contribution in [0.2, 0.25) is 0 Å². The zero-order chi connectivity index (χ0) is 9.40. The van der Waals surface area contributed by atoms with Crippen LogP contribution in [0.3, 0.4) is 0 Å². The second-order valence-electron chi connectivity index (χ2n) is 3.05. The van der Waals surface area contributed by atoms with E-state index in [2.05, 4.69) is 10.6 Å². The van der Waals surface area contributed by atoms with Crippen LogP contribution in [-0.2, 0) is 4.79 Å². The van der Waals surface area contributed by atoms with Crippen molar-refractivity contribution in [2.45, 2.75) is 39.7 Å². The van der Waals surface area contributed by atoms with Gasteiger partial charge in [-0.25, -0.2) is 0 Å². The molecule has 0 heterocycles. The van der Waals surface area contributed by atoms with Gasteiger partial charge in [0.15, 0.2) is 0 Å². The van der Waals surface area contributed by atoms with Crippen molar-refractivity contribution >= 4 is 5.78 Å². The van der Waals surface area contributed by atoms with Crippen LogP contribution in [0.5, 0.6) is 0 Å². The molecular formula is C10H24N2O. The van der Waals surface area contributed by atoms with Crippen molar-refractivity contribution in [1.29, 1.82) is 0 Å². The van der Waals surface area contributed by atoms with Crippen molar-refractivity contribution in [3.05, 3.63) is 0 Å². The van der Waals surface area contributed by atoms with Crippen LogP contribution in [0.1, 0.15) is 33.6 Å². The van der Waals surface area contributed by atoms with Gasteiger partial charge in [-0.3, -0.25) is 4.79 Å². The molecule has 0 bridgehead atoms. The third-order valence-electron chi connectivity index (χ3n) is 2.01. The number of carbonyl (C=O) groups is 1. The van der Waals surface area contributed by atoms with Crippen molar-refractivity contribution in [3.63, 3.8) is 0 Å². The average Bonchev–Trinajstić information content (AvgIpc) is 2.04.